The normalized spacial score (nSPS) is 12.5. The Morgan fingerprint density at radius 2 is 1.92 bits per heavy atom. The van der Waals surface area contributed by atoms with Gasteiger partial charge in [-0.25, -0.2) is 0 Å². The van der Waals surface area contributed by atoms with Gasteiger partial charge in [0.25, 0.3) is 0 Å². The molecule has 0 bridgehead atoms. The van der Waals surface area contributed by atoms with Gasteiger partial charge in [-0.05, 0) is 6.92 Å². The fourth-order valence-corrected chi connectivity index (χ4v) is 1.73. The van der Waals surface area contributed by atoms with Crippen molar-refractivity contribution in [3.8, 4) is 0 Å². The van der Waals surface area contributed by atoms with E-state index in [1.165, 1.54) is 6.92 Å². The van der Waals surface area contributed by atoms with Gasteiger partial charge in [0, 0.05) is 11.1 Å². The van der Waals surface area contributed by atoms with Crippen molar-refractivity contribution in [2.45, 2.75) is 12.7 Å². The molecule has 0 spiro atoms. The van der Waals surface area contributed by atoms with Gasteiger partial charge in [-0.1, -0.05) is 35.4 Å². The summed E-state index contributed by atoms with van der Waals surface area (Å²) >= 11 is -0.819. The van der Waals surface area contributed by atoms with Crippen LogP contribution in [0, 0.1) is 0 Å². The number of carbonyl (C=O) groups is 1. The second kappa shape index (κ2) is 4.44. The third kappa shape index (κ3) is 3.20. The Hall–Kier alpha value is -0.800. The van der Waals surface area contributed by atoms with Crippen LogP contribution < -0.4 is 0 Å². The van der Waals surface area contributed by atoms with Crippen LogP contribution in [-0.2, 0) is 16.9 Å². The van der Waals surface area contributed by atoms with Crippen molar-refractivity contribution < 1.29 is 9.35 Å². The van der Waals surface area contributed by atoms with Gasteiger partial charge in [0.2, 0.25) is 0 Å². The summed E-state index contributed by atoms with van der Waals surface area (Å²) in [4.78, 5) is 10.9. The molecular formula is C10H12O2S. The van der Waals surface area contributed by atoms with Gasteiger partial charge >= 0.3 is 0 Å². The van der Waals surface area contributed by atoms with E-state index in [1.54, 1.807) is 18.4 Å². The van der Waals surface area contributed by atoms with Gasteiger partial charge in [-0.2, -0.15) is 0 Å². The third-order valence-electron chi connectivity index (χ3n) is 1.73. The zero-order valence-electron chi connectivity index (χ0n) is 7.74. The lowest BCUT2D eigenvalue weighted by Crippen LogP contribution is -2.01. The molecule has 1 aromatic carbocycles. The molecule has 0 aromatic heterocycles. The average Bonchev–Trinajstić information content (AvgIpc) is 2.04. The first-order valence-corrected chi connectivity index (χ1v) is 5.72. The fraction of sp³-hybridized carbons (Fsp3) is 0.300. The van der Waals surface area contributed by atoms with Crippen LogP contribution in [0.5, 0.6) is 0 Å². The Balaban J connectivity index is 2.75. The standard InChI is InChI=1S/C10H12O2S/c1-8(11)10-5-3-9(4-6-10)7-13(2)12/h3-6H,7H2,1-2H3. The minimum Gasteiger partial charge on any atom is -0.616 e. The second-order valence-electron chi connectivity index (χ2n) is 2.97. The largest absolute Gasteiger partial charge is 0.616 e. The van der Waals surface area contributed by atoms with Crippen molar-refractivity contribution in [3.05, 3.63) is 35.4 Å². The van der Waals surface area contributed by atoms with Crippen molar-refractivity contribution >= 4 is 17.0 Å². The van der Waals surface area contributed by atoms with Crippen molar-refractivity contribution in [2.24, 2.45) is 0 Å². The highest BCUT2D eigenvalue weighted by atomic mass is 32.2. The molecule has 1 atom stereocenters. The predicted octanol–water partition coefficient (Wildman–Crippen LogP) is 1.77. The van der Waals surface area contributed by atoms with Gasteiger partial charge in [0.1, 0.15) is 5.75 Å². The Labute approximate surface area is 81.1 Å². The van der Waals surface area contributed by atoms with Gasteiger partial charge < -0.3 is 4.55 Å². The molecular weight excluding hydrogens is 184 g/mol. The fourth-order valence-electron chi connectivity index (χ4n) is 1.07. The Kier molecular flexibility index (Phi) is 3.51. The highest BCUT2D eigenvalue weighted by Gasteiger charge is 2.02. The molecule has 1 unspecified atom stereocenters. The zero-order chi connectivity index (χ0) is 9.84. The maximum atomic E-state index is 10.9. The summed E-state index contributed by atoms with van der Waals surface area (Å²) in [5.74, 6) is 0.613. The first-order chi connectivity index (χ1) is 6.09. The Morgan fingerprint density at radius 3 is 2.31 bits per heavy atom. The summed E-state index contributed by atoms with van der Waals surface area (Å²) in [6.07, 6.45) is 1.67. The molecule has 0 radical (unpaired) electrons. The highest BCUT2D eigenvalue weighted by molar-refractivity contribution is 7.89. The third-order valence-corrected chi connectivity index (χ3v) is 2.47. The molecule has 2 nitrogen and oxygen atoms in total. The summed E-state index contributed by atoms with van der Waals surface area (Å²) in [6.45, 7) is 1.53. The molecule has 70 valence electrons. The van der Waals surface area contributed by atoms with E-state index >= 15 is 0 Å². The SMILES string of the molecule is CC(=O)c1ccc(C[S+](C)[O-])cc1. The van der Waals surface area contributed by atoms with Crippen LogP contribution in [0.1, 0.15) is 22.8 Å². The molecule has 0 aliphatic carbocycles. The van der Waals surface area contributed by atoms with E-state index in [2.05, 4.69) is 0 Å². The van der Waals surface area contributed by atoms with E-state index in [4.69, 9.17) is 0 Å². The van der Waals surface area contributed by atoms with Gasteiger partial charge in [0.15, 0.2) is 5.78 Å². The number of hydrogen-bond donors (Lipinski definition) is 0. The van der Waals surface area contributed by atoms with Crippen LogP contribution >= 0.6 is 0 Å². The smallest absolute Gasteiger partial charge is 0.159 e. The molecule has 3 heteroatoms. The van der Waals surface area contributed by atoms with Gasteiger partial charge in [-0.3, -0.25) is 4.79 Å². The van der Waals surface area contributed by atoms with Crippen LogP contribution in [0.15, 0.2) is 24.3 Å². The van der Waals surface area contributed by atoms with E-state index in [0.29, 0.717) is 11.3 Å². The van der Waals surface area contributed by atoms with Crippen LogP contribution in [0.4, 0.5) is 0 Å². The molecule has 0 aliphatic heterocycles. The van der Waals surface area contributed by atoms with Crippen LogP contribution in [0.3, 0.4) is 0 Å². The first kappa shape index (κ1) is 10.3. The lowest BCUT2D eigenvalue weighted by molar-refractivity contribution is 0.101. The van der Waals surface area contributed by atoms with Crippen molar-refractivity contribution in [1.82, 2.24) is 0 Å². The van der Waals surface area contributed by atoms with E-state index in [1.807, 2.05) is 12.1 Å². The van der Waals surface area contributed by atoms with Crippen molar-refractivity contribution in [2.75, 3.05) is 6.26 Å². The van der Waals surface area contributed by atoms with E-state index < -0.39 is 11.2 Å². The Bertz CT molecular complexity index is 290. The average molecular weight is 196 g/mol. The van der Waals surface area contributed by atoms with Crippen LogP contribution in [-0.4, -0.2) is 16.6 Å². The van der Waals surface area contributed by atoms with E-state index in [9.17, 15) is 9.35 Å². The number of benzene rings is 1. The van der Waals surface area contributed by atoms with Crippen molar-refractivity contribution in [3.63, 3.8) is 0 Å². The van der Waals surface area contributed by atoms with Gasteiger partial charge in [-0.15, -0.1) is 0 Å². The highest BCUT2D eigenvalue weighted by Crippen LogP contribution is 2.08. The zero-order valence-corrected chi connectivity index (χ0v) is 8.56. The topological polar surface area (TPSA) is 40.1 Å². The number of carbonyl (C=O) groups excluding carboxylic acids is 1. The molecule has 0 saturated carbocycles. The minimum absolute atomic E-state index is 0.0594. The molecule has 13 heavy (non-hydrogen) atoms. The summed E-state index contributed by atoms with van der Waals surface area (Å²) in [6, 6.07) is 7.23. The van der Waals surface area contributed by atoms with Crippen molar-refractivity contribution in [1.29, 1.82) is 0 Å². The minimum atomic E-state index is -0.819. The summed E-state index contributed by atoms with van der Waals surface area (Å²) in [7, 11) is 0. The van der Waals surface area contributed by atoms with Gasteiger partial charge in [0.05, 0.1) is 6.26 Å². The summed E-state index contributed by atoms with van der Waals surface area (Å²) in [5, 5.41) is 0. The molecule has 1 rings (SSSR count). The maximum Gasteiger partial charge on any atom is 0.159 e. The molecule has 0 saturated heterocycles. The second-order valence-corrected chi connectivity index (χ2v) is 4.41. The number of Topliss-reactive ketones (excluding diaryl/α,β-unsaturated/α-hetero) is 1. The number of hydrogen-bond acceptors (Lipinski definition) is 2. The molecule has 0 amide bonds. The maximum absolute atomic E-state index is 10.9. The lowest BCUT2D eigenvalue weighted by atomic mass is 10.1. The molecule has 1 aromatic rings. The molecule has 0 aliphatic rings. The summed E-state index contributed by atoms with van der Waals surface area (Å²) < 4.78 is 10.9. The van der Waals surface area contributed by atoms with E-state index in [0.717, 1.165) is 5.56 Å². The molecule has 0 fully saturated rings. The number of rotatable bonds is 3. The number of ketones is 1. The van der Waals surface area contributed by atoms with E-state index in [-0.39, 0.29) is 5.78 Å². The Morgan fingerprint density at radius 1 is 1.38 bits per heavy atom. The summed E-state index contributed by atoms with van der Waals surface area (Å²) in [5.41, 5.74) is 1.71. The molecule has 0 heterocycles. The monoisotopic (exact) mass is 196 g/mol. The lowest BCUT2D eigenvalue weighted by Gasteiger charge is -2.04. The quantitative estimate of drug-likeness (QED) is 0.546. The first-order valence-electron chi connectivity index (χ1n) is 3.99. The molecule has 0 N–H and O–H groups in total. The van der Waals surface area contributed by atoms with Crippen LogP contribution in [0.2, 0.25) is 0 Å². The predicted molar refractivity (Wildman–Crippen MR) is 54.2 cm³/mol. The van der Waals surface area contributed by atoms with Crippen LogP contribution in [0.25, 0.3) is 0 Å².